The number of hydrogen-bond acceptors (Lipinski definition) is 4. The summed E-state index contributed by atoms with van der Waals surface area (Å²) in [7, 11) is 0. The van der Waals surface area contributed by atoms with Crippen molar-refractivity contribution in [3.8, 4) is 0 Å². The van der Waals surface area contributed by atoms with E-state index in [1.165, 1.54) is 6.20 Å². The first-order valence-electron chi connectivity index (χ1n) is 9.35. The first-order valence-corrected chi connectivity index (χ1v) is 10.7. The smallest absolute Gasteiger partial charge is 0.267 e. The van der Waals surface area contributed by atoms with Crippen molar-refractivity contribution in [1.82, 2.24) is 20.6 Å². The normalized spacial score (nSPS) is 11.2. The van der Waals surface area contributed by atoms with Gasteiger partial charge in [-0.2, -0.15) is 5.10 Å². The van der Waals surface area contributed by atoms with E-state index in [1.54, 1.807) is 34.8 Å². The molecule has 0 aliphatic heterocycles. The summed E-state index contributed by atoms with van der Waals surface area (Å²) in [5.41, 5.74) is 6.55. The quantitative estimate of drug-likeness (QED) is 0.445. The van der Waals surface area contributed by atoms with E-state index in [4.69, 9.17) is 11.6 Å². The van der Waals surface area contributed by atoms with Crippen LogP contribution in [0.5, 0.6) is 0 Å². The number of rotatable bonds is 5. The van der Waals surface area contributed by atoms with Gasteiger partial charge in [-0.25, -0.2) is 0 Å². The van der Waals surface area contributed by atoms with Gasteiger partial charge < -0.3 is 0 Å². The number of thioether (sulfide) groups is 1. The van der Waals surface area contributed by atoms with E-state index in [9.17, 15) is 9.59 Å². The summed E-state index contributed by atoms with van der Waals surface area (Å²) in [5.74, 6) is -0.0313. The number of amides is 2. The molecule has 0 bridgehead atoms. The molecule has 6 nitrogen and oxygen atoms in total. The molecule has 0 radical (unpaired) electrons. The van der Waals surface area contributed by atoms with E-state index in [-0.39, 0.29) is 11.4 Å². The monoisotopic (exact) mass is 442 g/mol. The second-order valence-electron chi connectivity index (χ2n) is 7.69. The number of carbonyl (C=O) groups is 2. The Morgan fingerprint density at radius 3 is 2.13 bits per heavy atom. The van der Waals surface area contributed by atoms with Crippen molar-refractivity contribution in [3.63, 3.8) is 0 Å². The highest BCUT2D eigenvalue weighted by atomic mass is 35.5. The summed E-state index contributed by atoms with van der Waals surface area (Å²) in [6.07, 6.45) is 3.12. The van der Waals surface area contributed by atoms with Crippen molar-refractivity contribution in [3.05, 3.63) is 82.6 Å². The van der Waals surface area contributed by atoms with Crippen LogP contribution in [-0.4, -0.2) is 21.6 Å². The zero-order valence-corrected chi connectivity index (χ0v) is 18.6. The Labute approximate surface area is 185 Å². The van der Waals surface area contributed by atoms with E-state index >= 15 is 0 Å². The zero-order chi connectivity index (χ0) is 21.7. The van der Waals surface area contributed by atoms with Gasteiger partial charge in [-0.1, -0.05) is 23.7 Å². The molecular formula is C22H23ClN4O2S. The minimum atomic E-state index is -0.421. The Morgan fingerprint density at radius 2 is 1.57 bits per heavy atom. The van der Waals surface area contributed by atoms with Crippen molar-refractivity contribution in [2.45, 2.75) is 37.0 Å². The lowest BCUT2D eigenvalue weighted by molar-refractivity contribution is 0.0846. The van der Waals surface area contributed by atoms with Gasteiger partial charge in [0.05, 0.1) is 17.3 Å². The third-order valence-electron chi connectivity index (χ3n) is 4.26. The Hall–Kier alpha value is -2.77. The fraction of sp³-hybridized carbons (Fsp3) is 0.227. The molecule has 0 atom stereocenters. The second kappa shape index (κ2) is 9.36. The molecule has 0 aliphatic carbocycles. The molecule has 3 aromatic rings. The van der Waals surface area contributed by atoms with Crippen LogP contribution >= 0.6 is 23.4 Å². The summed E-state index contributed by atoms with van der Waals surface area (Å²) in [6, 6.07) is 14.9. The number of nitrogens with one attached hydrogen (secondary N) is 2. The highest BCUT2D eigenvalue weighted by Gasteiger charge is 2.17. The van der Waals surface area contributed by atoms with Crippen LogP contribution < -0.4 is 10.9 Å². The second-order valence-corrected chi connectivity index (χ2v) is 9.18. The predicted octanol–water partition coefficient (Wildman–Crippen LogP) is 4.66. The lowest BCUT2D eigenvalue weighted by Gasteiger charge is -2.18. The Morgan fingerprint density at radius 1 is 0.967 bits per heavy atom. The first-order chi connectivity index (χ1) is 14.2. The molecule has 156 valence electrons. The molecule has 2 N–H and O–H groups in total. The molecule has 1 heterocycles. The Bertz CT molecular complexity index is 1020. The van der Waals surface area contributed by atoms with Crippen molar-refractivity contribution in [2.75, 3.05) is 0 Å². The number of nitrogens with zero attached hydrogens (tertiary/aromatic N) is 2. The van der Waals surface area contributed by atoms with Crippen LogP contribution in [0.25, 0.3) is 0 Å². The number of hydrazine groups is 1. The molecule has 1 aromatic heterocycles. The minimum Gasteiger partial charge on any atom is -0.267 e. The van der Waals surface area contributed by atoms with E-state index in [2.05, 4.69) is 16.0 Å². The Balaban J connectivity index is 1.51. The van der Waals surface area contributed by atoms with E-state index in [0.29, 0.717) is 16.1 Å². The molecule has 0 saturated carbocycles. The van der Waals surface area contributed by atoms with Crippen LogP contribution in [0.1, 0.15) is 47.1 Å². The van der Waals surface area contributed by atoms with Crippen molar-refractivity contribution < 1.29 is 9.59 Å². The molecule has 2 aromatic carbocycles. The van der Waals surface area contributed by atoms with Crippen LogP contribution in [0.4, 0.5) is 0 Å². The number of halogens is 1. The summed E-state index contributed by atoms with van der Waals surface area (Å²) in [5, 5.41) is 4.89. The van der Waals surface area contributed by atoms with Crippen LogP contribution in [0, 0.1) is 0 Å². The maximum absolute atomic E-state index is 12.3. The van der Waals surface area contributed by atoms with Gasteiger partial charge in [-0.05, 0) is 62.7 Å². The number of aromatic nitrogens is 2. The summed E-state index contributed by atoms with van der Waals surface area (Å²) >= 11 is 7.59. The van der Waals surface area contributed by atoms with E-state index in [1.807, 2.05) is 57.2 Å². The van der Waals surface area contributed by atoms with Crippen LogP contribution in [0.2, 0.25) is 5.02 Å². The standard InChI is InChI=1S/C22H23ClN4O2S/c1-22(2,3)27-13-17(12-24-27)21(29)26-25-20(28)16-6-4-15(5-7-16)14-30-19-10-8-18(23)9-11-19/h4-13H,14H2,1-3H3,(H,25,28)(H,26,29). The average Bonchev–Trinajstić information content (AvgIpc) is 3.23. The molecule has 0 aliphatic rings. The molecule has 30 heavy (non-hydrogen) atoms. The molecule has 2 amide bonds. The van der Waals surface area contributed by atoms with Gasteiger partial charge in [0.2, 0.25) is 0 Å². The fourth-order valence-electron chi connectivity index (χ4n) is 2.51. The highest BCUT2D eigenvalue weighted by Crippen LogP contribution is 2.24. The lowest BCUT2D eigenvalue weighted by atomic mass is 10.1. The van der Waals surface area contributed by atoms with Gasteiger partial charge in [0.25, 0.3) is 11.8 Å². The van der Waals surface area contributed by atoms with E-state index in [0.717, 1.165) is 16.2 Å². The third-order valence-corrected chi connectivity index (χ3v) is 5.59. The van der Waals surface area contributed by atoms with Gasteiger partial charge in [-0.15, -0.1) is 11.8 Å². The van der Waals surface area contributed by atoms with E-state index < -0.39 is 5.91 Å². The van der Waals surface area contributed by atoms with Gasteiger partial charge in [0.15, 0.2) is 0 Å². The van der Waals surface area contributed by atoms with Crippen molar-refractivity contribution >= 4 is 35.2 Å². The van der Waals surface area contributed by atoms with Crippen LogP contribution in [0.3, 0.4) is 0 Å². The molecule has 8 heteroatoms. The van der Waals surface area contributed by atoms with Gasteiger partial charge >= 0.3 is 0 Å². The topological polar surface area (TPSA) is 76.0 Å². The molecule has 0 spiro atoms. The highest BCUT2D eigenvalue weighted by molar-refractivity contribution is 7.98. The Kier molecular flexibility index (Phi) is 6.84. The zero-order valence-electron chi connectivity index (χ0n) is 17.0. The largest absolute Gasteiger partial charge is 0.272 e. The number of hydrogen-bond donors (Lipinski definition) is 2. The van der Waals surface area contributed by atoms with Crippen molar-refractivity contribution in [1.29, 1.82) is 0 Å². The van der Waals surface area contributed by atoms with Crippen LogP contribution in [0.15, 0.2) is 65.8 Å². The summed E-state index contributed by atoms with van der Waals surface area (Å²) in [4.78, 5) is 25.7. The average molecular weight is 443 g/mol. The molecule has 0 saturated heterocycles. The first kappa shape index (κ1) is 21.9. The SMILES string of the molecule is CC(C)(C)n1cc(C(=O)NNC(=O)c2ccc(CSc3ccc(Cl)cc3)cc2)cn1. The van der Waals surface area contributed by atoms with Crippen molar-refractivity contribution in [2.24, 2.45) is 0 Å². The predicted molar refractivity (Wildman–Crippen MR) is 120 cm³/mol. The minimum absolute atomic E-state index is 0.227. The third kappa shape index (κ3) is 5.87. The maximum atomic E-state index is 12.3. The number of benzene rings is 2. The summed E-state index contributed by atoms with van der Waals surface area (Å²) in [6.45, 7) is 5.96. The maximum Gasteiger partial charge on any atom is 0.272 e. The fourth-order valence-corrected chi connectivity index (χ4v) is 3.49. The van der Waals surface area contributed by atoms with Gasteiger partial charge in [-0.3, -0.25) is 25.1 Å². The molecule has 3 rings (SSSR count). The molecular weight excluding hydrogens is 420 g/mol. The molecule has 0 fully saturated rings. The number of carbonyl (C=O) groups excluding carboxylic acids is 2. The van der Waals surface area contributed by atoms with Gasteiger partial charge in [0.1, 0.15) is 0 Å². The molecule has 0 unspecified atom stereocenters. The summed E-state index contributed by atoms with van der Waals surface area (Å²) < 4.78 is 1.70. The van der Waals surface area contributed by atoms with Crippen LogP contribution in [-0.2, 0) is 11.3 Å². The lowest BCUT2D eigenvalue weighted by Crippen LogP contribution is -2.41. The van der Waals surface area contributed by atoms with Gasteiger partial charge in [0, 0.05) is 27.4 Å².